The van der Waals surface area contributed by atoms with Crippen molar-refractivity contribution in [3.63, 3.8) is 0 Å². The van der Waals surface area contributed by atoms with E-state index in [9.17, 15) is 4.79 Å². The first-order chi connectivity index (χ1) is 14.9. The summed E-state index contributed by atoms with van der Waals surface area (Å²) in [6, 6.07) is 3.67. The van der Waals surface area contributed by atoms with Gasteiger partial charge in [-0.15, -0.1) is 0 Å². The van der Waals surface area contributed by atoms with Crippen LogP contribution < -0.4 is 4.90 Å². The Morgan fingerprint density at radius 2 is 2.16 bits per heavy atom. The molecule has 0 aliphatic carbocycles. The molecule has 0 radical (unpaired) electrons. The van der Waals surface area contributed by atoms with Crippen molar-refractivity contribution in [1.82, 2.24) is 19.9 Å². The number of nitrogens with zero attached hydrogens (tertiary/aromatic N) is 6. The van der Waals surface area contributed by atoms with Gasteiger partial charge in [-0.1, -0.05) is 21.9 Å². The van der Waals surface area contributed by atoms with Gasteiger partial charge < -0.3 is 14.3 Å². The number of hydrogen-bond donors (Lipinski definition) is 0. The first-order valence-corrected chi connectivity index (χ1v) is 10.3. The predicted octanol–water partition coefficient (Wildman–Crippen LogP) is 4.25. The average Bonchev–Trinajstić information content (AvgIpc) is 3.30. The van der Waals surface area contributed by atoms with E-state index >= 15 is 0 Å². The SMILES string of the molecule is CCN(C(=O)CC/C(C)=N/OCc1c(C)noc1C)c1cn(-c2cccnc2)nc1Cl. The number of rotatable bonds is 9. The Labute approximate surface area is 185 Å². The molecule has 3 rings (SSSR count). The summed E-state index contributed by atoms with van der Waals surface area (Å²) in [7, 11) is 0. The van der Waals surface area contributed by atoms with Crippen molar-refractivity contribution < 1.29 is 14.2 Å². The molecule has 1 amide bonds. The Hall–Kier alpha value is -3.20. The Balaban J connectivity index is 1.59. The van der Waals surface area contributed by atoms with Crippen molar-refractivity contribution in [2.75, 3.05) is 11.4 Å². The lowest BCUT2D eigenvalue weighted by molar-refractivity contribution is -0.118. The van der Waals surface area contributed by atoms with Gasteiger partial charge in [0.15, 0.2) is 5.15 Å². The molecule has 0 bridgehead atoms. The minimum absolute atomic E-state index is 0.0737. The predicted molar refractivity (Wildman–Crippen MR) is 118 cm³/mol. The molecule has 0 atom stereocenters. The largest absolute Gasteiger partial charge is 0.391 e. The van der Waals surface area contributed by atoms with Gasteiger partial charge in [-0.3, -0.25) is 9.78 Å². The van der Waals surface area contributed by atoms with Crippen molar-refractivity contribution in [3.8, 4) is 5.69 Å². The summed E-state index contributed by atoms with van der Waals surface area (Å²) >= 11 is 6.32. The minimum Gasteiger partial charge on any atom is -0.391 e. The summed E-state index contributed by atoms with van der Waals surface area (Å²) < 4.78 is 6.71. The summed E-state index contributed by atoms with van der Waals surface area (Å²) in [5, 5.41) is 12.5. The van der Waals surface area contributed by atoms with Crippen LogP contribution in [0.4, 0.5) is 5.69 Å². The molecule has 0 spiro atoms. The number of aromatic nitrogens is 4. The van der Waals surface area contributed by atoms with Gasteiger partial charge in [-0.2, -0.15) is 5.10 Å². The van der Waals surface area contributed by atoms with Crippen molar-refractivity contribution in [1.29, 1.82) is 0 Å². The molecule has 3 heterocycles. The van der Waals surface area contributed by atoms with Gasteiger partial charge in [0.2, 0.25) is 5.91 Å². The maximum atomic E-state index is 12.8. The molecule has 0 aliphatic rings. The van der Waals surface area contributed by atoms with Crippen LogP contribution in [-0.2, 0) is 16.2 Å². The van der Waals surface area contributed by atoms with Gasteiger partial charge in [0.05, 0.1) is 35.1 Å². The molecule has 0 unspecified atom stereocenters. The van der Waals surface area contributed by atoms with E-state index < -0.39 is 0 Å². The molecule has 0 aliphatic heterocycles. The molecule has 31 heavy (non-hydrogen) atoms. The van der Waals surface area contributed by atoms with E-state index in [1.54, 1.807) is 28.2 Å². The average molecular weight is 445 g/mol. The van der Waals surface area contributed by atoms with E-state index in [2.05, 4.69) is 20.4 Å². The summed E-state index contributed by atoms with van der Waals surface area (Å²) in [6.07, 6.45) is 5.82. The van der Waals surface area contributed by atoms with Gasteiger partial charge in [0, 0.05) is 19.2 Å². The van der Waals surface area contributed by atoms with E-state index in [1.165, 1.54) is 0 Å². The van der Waals surface area contributed by atoms with Crippen LogP contribution in [0.5, 0.6) is 0 Å². The number of anilines is 1. The van der Waals surface area contributed by atoms with E-state index in [1.807, 2.05) is 39.8 Å². The number of hydrogen-bond acceptors (Lipinski definition) is 7. The van der Waals surface area contributed by atoms with Crippen LogP contribution in [0.3, 0.4) is 0 Å². The summed E-state index contributed by atoms with van der Waals surface area (Å²) in [4.78, 5) is 23.9. The van der Waals surface area contributed by atoms with Crippen LogP contribution in [-0.4, -0.2) is 38.1 Å². The van der Waals surface area contributed by atoms with E-state index in [4.69, 9.17) is 21.0 Å². The molecule has 9 nitrogen and oxygen atoms in total. The van der Waals surface area contributed by atoms with E-state index in [0.717, 1.165) is 16.9 Å². The van der Waals surface area contributed by atoms with Gasteiger partial charge >= 0.3 is 0 Å². The molecule has 0 saturated carbocycles. The molecule has 10 heteroatoms. The second-order valence-electron chi connectivity index (χ2n) is 7.00. The summed E-state index contributed by atoms with van der Waals surface area (Å²) in [6.45, 7) is 8.14. The summed E-state index contributed by atoms with van der Waals surface area (Å²) in [5.41, 5.74) is 3.70. The maximum absolute atomic E-state index is 12.8. The lowest BCUT2D eigenvalue weighted by atomic mass is 10.2. The zero-order chi connectivity index (χ0) is 22.4. The molecule has 0 N–H and O–H groups in total. The van der Waals surface area contributed by atoms with Gasteiger partial charge in [0.1, 0.15) is 18.1 Å². The highest BCUT2D eigenvalue weighted by Gasteiger charge is 2.20. The number of oxime groups is 1. The Morgan fingerprint density at radius 1 is 1.35 bits per heavy atom. The lowest BCUT2D eigenvalue weighted by Crippen LogP contribution is -2.30. The molecular weight excluding hydrogens is 420 g/mol. The first kappa shape index (κ1) is 22.5. The second kappa shape index (κ2) is 10.2. The normalized spacial score (nSPS) is 11.6. The van der Waals surface area contributed by atoms with Gasteiger partial charge in [-0.05, 0) is 46.2 Å². The van der Waals surface area contributed by atoms with Crippen molar-refractivity contribution >= 4 is 28.9 Å². The fraction of sp³-hybridized carbons (Fsp3) is 0.381. The number of halogens is 1. The van der Waals surface area contributed by atoms with Crippen LogP contribution in [0.2, 0.25) is 5.15 Å². The third kappa shape index (κ3) is 5.49. The standard InChI is InChI=1S/C21H25ClN6O3/c1-5-27(19-12-28(24-21(19)22)17-7-6-10-23-11-17)20(29)9-8-14(2)25-30-13-18-15(3)26-31-16(18)4/h6-7,10-12H,5,8-9,13H2,1-4H3/b25-14+. The Bertz CT molecular complexity index is 1040. The Morgan fingerprint density at radius 3 is 2.81 bits per heavy atom. The van der Waals surface area contributed by atoms with Crippen LogP contribution in [0, 0.1) is 13.8 Å². The first-order valence-electron chi connectivity index (χ1n) is 9.93. The van der Waals surface area contributed by atoms with Crippen molar-refractivity contribution in [2.45, 2.75) is 47.1 Å². The molecule has 0 saturated heterocycles. The highest BCUT2D eigenvalue weighted by Crippen LogP contribution is 2.26. The zero-order valence-electron chi connectivity index (χ0n) is 18.0. The lowest BCUT2D eigenvalue weighted by Gasteiger charge is -2.19. The number of amides is 1. The van der Waals surface area contributed by atoms with Gasteiger partial charge in [0.25, 0.3) is 0 Å². The van der Waals surface area contributed by atoms with E-state index in [0.29, 0.717) is 30.1 Å². The van der Waals surface area contributed by atoms with E-state index in [-0.39, 0.29) is 24.1 Å². The van der Waals surface area contributed by atoms with Crippen LogP contribution >= 0.6 is 11.6 Å². The second-order valence-corrected chi connectivity index (χ2v) is 7.36. The van der Waals surface area contributed by atoms with Gasteiger partial charge in [-0.25, -0.2) is 4.68 Å². The fourth-order valence-corrected chi connectivity index (χ4v) is 3.24. The van der Waals surface area contributed by atoms with Crippen molar-refractivity contribution in [2.24, 2.45) is 5.16 Å². The smallest absolute Gasteiger partial charge is 0.227 e. The number of aryl methyl sites for hydroxylation is 2. The maximum Gasteiger partial charge on any atom is 0.227 e. The molecule has 0 fully saturated rings. The highest BCUT2D eigenvalue weighted by molar-refractivity contribution is 6.32. The van der Waals surface area contributed by atoms with Crippen LogP contribution in [0.15, 0.2) is 40.4 Å². The minimum atomic E-state index is -0.0737. The third-order valence-electron chi connectivity index (χ3n) is 4.78. The third-order valence-corrected chi connectivity index (χ3v) is 5.05. The Kier molecular flexibility index (Phi) is 7.41. The molecule has 3 aromatic rings. The zero-order valence-corrected chi connectivity index (χ0v) is 18.8. The molecule has 164 valence electrons. The highest BCUT2D eigenvalue weighted by atomic mass is 35.5. The van der Waals surface area contributed by atoms with Crippen molar-refractivity contribution in [3.05, 3.63) is 52.9 Å². The fourth-order valence-electron chi connectivity index (χ4n) is 3.01. The number of pyridine rings is 1. The number of carbonyl (C=O) groups is 1. The monoisotopic (exact) mass is 444 g/mol. The molecule has 0 aromatic carbocycles. The quantitative estimate of drug-likeness (QED) is 0.361. The van der Waals surface area contributed by atoms with Crippen LogP contribution in [0.25, 0.3) is 5.69 Å². The topological polar surface area (TPSA) is 98.6 Å². The number of carbonyl (C=O) groups excluding carboxylic acids is 1. The van der Waals surface area contributed by atoms with Crippen LogP contribution in [0.1, 0.15) is 43.7 Å². The molecular formula is C21H25ClN6O3. The summed E-state index contributed by atoms with van der Waals surface area (Å²) in [5.74, 6) is 0.637. The molecule has 3 aromatic heterocycles.